The highest BCUT2D eigenvalue weighted by atomic mass is 14.3. The SMILES string of the molecule is C=Cc1ccc(-c2cc(=C(C#N)C#N)ccc2=C(C#N)C#N)cc1. The Morgan fingerprint density at radius 1 is 0.792 bits per heavy atom. The quantitative estimate of drug-likeness (QED) is 0.851. The Morgan fingerprint density at radius 2 is 1.38 bits per heavy atom. The Kier molecular flexibility index (Phi) is 4.90. The Hall–Kier alpha value is -4.12. The molecule has 0 radical (unpaired) electrons. The first-order chi connectivity index (χ1) is 11.7. The van der Waals surface area contributed by atoms with Crippen LogP contribution in [0.1, 0.15) is 5.56 Å². The molecule has 0 N–H and O–H groups in total. The van der Waals surface area contributed by atoms with Crippen LogP contribution in [0.5, 0.6) is 0 Å². The topological polar surface area (TPSA) is 95.2 Å². The van der Waals surface area contributed by atoms with Crippen molar-refractivity contribution in [1.29, 1.82) is 21.0 Å². The molecule has 2 aromatic rings. The molecule has 4 heteroatoms. The van der Waals surface area contributed by atoms with Crippen molar-refractivity contribution in [2.24, 2.45) is 0 Å². The summed E-state index contributed by atoms with van der Waals surface area (Å²) in [4.78, 5) is 0. The van der Waals surface area contributed by atoms with Crippen LogP contribution in [0, 0.1) is 45.3 Å². The van der Waals surface area contributed by atoms with E-state index in [9.17, 15) is 10.5 Å². The van der Waals surface area contributed by atoms with E-state index < -0.39 is 0 Å². The van der Waals surface area contributed by atoms with Crippen molar-refractivity contribution in [1.82, 2.24) is 0 Å². The number of hydrogen-bond donors (Lipinski definition) is 0. The Bertz CT molecular complexity index is 1060. The fraction of sp³-hybridized carbons (Fsp3) is 0. The number of nitriles is 4. The zero-order valence-electron chi connectivity index (χ0n) is 12.6. The lowest BCUT2D eigenvalue weighted by Gasteiger charge is -2.05. The van der Waals surface area contributed by atoms with E-state index in [0.29, 0.717) is 16.0 Å². The second-order valence-electron chi connectivity index (χ2n) is 4.78. The zero-order chi connectivity index (χ0) is 17.5. The second kappa shape index (κ2) is 7.24. The molecule has 0 atom stereocenters. The van der Waals surface area contributed by atoms with Gasteiger partial charge in [0.05, 0.1) is 0 Å². The summed E-state index contributed by atoms with van der Waals surface area (Å²) in [6.07, 6.45) is 1.71. The standard InChI is InChI=1S/C20H10N4/c1-2-14-3-5-15(6-4-14)20-9-16(17(10-21)11-22)7-8-19(20)18(12-23)13-24/h2-9H,1H2. The highest BCUT2D eigenvalue weighted by Crippen LogP contribution is 2.16. The monoisotopic (exact) mass is 306 g/mol. The fourth-order valence-corrected chi connectivity index (χ4v) is 2.25. The first-order valence-corrected chi connectivity index (χ1v) is 6.90. The molecular weight excluding hydrogens is 296 g/mol. The number of hydrogen-bond acceptors (Lipinski definition) is 4. The molecule has 0 amide bonds. The van der Waals surface area contributed by atoms with E-state index in [0.717, 1.165) is 11.1 Å². The molecule has 0 saturated heterocycles. The molecule has 0 saturated carbocycles. The van der Waals surface area contributed by atoms with E-state index in [4.69, 9.17) is 10.5 Å². The highest BCUT2D eigenvalue weighted by molar-refractivity contribution is 5.80. The normalized spacial score (nSPS) is 8.83. The number of benzene rings is 2. The van der Waals surface area contributed by atoms with Crippen LogP contribution in [-0.2, 0) is 0 Å². The summed E-state index contributed by atoms with van der Waals surface area (Å²) in [6, 6.07) is 19.6. The molecule has 0 bridgehead atoms. The van der Waals surface area contributed by atoms with Gasteiger partial charge in [0, 0.05) is 10.4 Å². The third kappa shape index (κ3) is 3.05. The van der Waals surface area contributed by atoms with Gasteiger partial charge in [0.1, 0.15) is 35.4 Å². The van der Waals surface area contributed by atoms with Gasteiger partial charge in [0.2, 0.25) is 0 Å². The van der Waals surface area contributed by atoms with Gasteiger partial charge in [0.15, 0.2) is 0 Å². The first-order valence-electron chi connectivity index (χ1n) is 6.90. The van der Waals surface area contributed by atoms with E-state index in [2.05, 4.69) is 6.58 Å². The smallest absolute Gasteiger partial charge is 0.137 e. The summed E-state index contributed by atoms with van der Waals surface area (Å²) < 4.78 is 0. The number of rotatable bonds is 2. The van der Waals surface area contributed by atoms with Gasteiger partial charge in [-0.25, -0.2) is 0 Å². The van der Waals surface area contributed by atoms with Crippen LogP contribution in [0.2, 0.25) is 0 Å². The van der Waals surface area contributed by atoms with Crippen LogP contribution >= 0.6 is 0 Å². The average molecular weight is 306 g/mol. The van der Waals surface area contributed by atoms with Crippen molar-refractivity contribution >= 4 is 17.2 Å². The summed E-state index contributed by atoms with van der Waals surface area (Å²) in [5.41, 5.74) is 2.27. The van der Waals surface area contributed by atoms with E-state index in [1.54, 1.807) is 24.3 Å². The average Bonchev–Trinajstić information content (AvgIpc) is 2.64. The van der Waals surface area contributed by atoms with E-state index in [1.807, 2.05) is 48.5 Å². The van der Waals surface area contributed by atoms with Gasteiger partial charge in [-0.15, -0.1) is 0 Å². The zero-order valence-corrected chi connectivity index (χ0v) is 12.6. The predicted octanol–water partition coefficient (Wildman–Crippen LogP) is 2.39. The van der Waals surface area contributed by atoms with Crippen molar-refractivity contribution in [3.05, 3.63) is 65.0 Å². The lowest BCUT2D eigenvalue weighted by atomic mass is 9.98. The van der Waals surface area contributed by atoms with Crippen molar-refractivity contribution in [3.8, 4) is 35.4 Å². The third-order valence-corrected chi connectivity index (χ3v) is 3.48. The summed E-state index contributed by atoms with van der Waals surface area (Å²) in [5.74, 6) is 0. The molecule has 24 heavy (non-hydrogen) atoms. The molecule has 0 aliphatic rings. The summed E-state index contributed by atoms with van der Waals surface area (Å²) in [6.45, 7) is 3.70. The van der Waals surface area contributed by atoms with Crippen molar-refractivity contribution < 1.29 is 0 Å². The van der Waals surface area contributed by atoms with Crippen LogP contribution in [0.4, 0.5) is 0 Å². The Labute approximate surface area is 139 Å². The fourth-order valence-electron chi connectivity index (χ4n) is 2.25. The molecule has 2 aromatic carbocycles. The molecule has 0 aliphatic carbocycles. The minimum Gasteiger partial charge on any atom is -0.192 e. The van der Waals surface area contributed by atoms with Gasteiger partial charge >= 0.3 is 0 Å². The third-order valence-electron chi connectivity index (χ3n) is 3.48. The summed E-state index contributed by atoms with van der Waals surface area (Å²) in [5, 5.41) is 37.4. The predicted molar refractivity (Wildman–Crippen MR) is 90.5 cm³/mol. The Morgan fingerprint density at radius 3 is 1.88 bits per heavy atom. The lowest BCUT2D eigenvalue weighted by molar-refractivity contribution is 1.45. The molecule has 0 aromatic heterocycles. The molecular formula is C20H10N4. The molecule has 110 valence electrons. The van der Waals surface area contributed by atoms with E-state index >= 15 is 0 Å². The van der Waals surface area contributed by atoms with E-state index in [-0.39, 0.29) is 11.1 Å². The largest absolute Gasteiger partial charge is 0.192 e. The van der Waals surface area contributed by atoms with Crippen LogP contribution < -0.4 is 10.4 Å². The maximum Gasteiger partial charge on any atom is 0.137 e. The maximum absolute atomic E-state index is 9.17. The second-order valence-corrected chi connectivity index (χ2v) is 4.78. The minimum atomic E-state index is -0.0280. The molecule has 0 spiro atoms. The summed E-state index contributed by atoms with van der Waals surface area (Å²) in [7, 11) is 0. The van der Waals surface area contributed by atoms with Gasteiger partial charge < -0.3 is 0 Å². The van der Waals surface area contributed by atoms with Gasteiger partial charge in [-0.1, -0.05) is 49.1 Å². The van der Waals surface area contributed by atoms with Gasteiger partial charge in [-0.2, -0.15) is 21.0 Å². The van der Waals surface area contributed by atoms with Crippen molar-refractivity contribution in [2.45, 2.75) is 0 Å². The van der Waals surface area contributed by atoms with Gasteiger partial charge in [-0.05, 0) is 22.8 Å². The first kappa shape index (κ1) is 16.3. The molecule has 0 unspecified atom stereocenters. The van der Waals surface area contributed by atoms with Crippen LogP contribution in [0.3, 0.4) is 0 Å². The van der Waals surface area contributed by atoms with Gasteiger partial charge in [0.25, 0.3) is 0 Å². The molecule has 0 aliphatic heterocycles. The van der Waals surface area contributed by atoms with Crippen LogP contribution in [0.25, 0.3) is 28.3 Å². The van der Waals surface area contributed by atoms with Gasteiger partial charge in [-0.3, -0.25) is 0 Å². The van der Waals surface area contributed by atoms with Crippen molar-refractivity contribution in [2.75, 3.05) is 0 Å². The molecule has 2 rings (SSSR count). The highest BCUT2D eigenvalue weighted by Gasteiger charge is 2.06. The van der Waals surface area contributed by atoms with Crippen LogP contribution in [-0.4, -0.2) is 0 Å². The number of nitrogens with zero attached hydrogens (tertiary/aromatic N) is 4. The molecule has 4 nitrogen and oxygen atoms in total. The summed E-state index contributed by atoms with van der Waals surface area (Å²) >= 11 is 0. The van der Waals surface area contributed by atoms with E-state index in [1.165, 1.54) is 0 Å². The maximum atomic E-state index is 9.17. The van der Waals surface area contributed by atoms with Crippen molar-refractivity contribution in [3.63, 3.8) is 0 Å². The van der Waals surface area contributed by atoms with Crippen LogP contribution in [0.15, 0.2) is 49.0 Å². The molecule has 0 fully saturated rings. The lowest BCUT2D eigenvalue weighted by Crippen LogP contribution is -2.15. The Balaban J connectivity index is 2.95. The minimum absolute atomic E-state index is 0.0269. The molecule has 0 heterocycles.